The maximum Gasteiger partial charge on any atom is 0.160 e. The fourth-order valence-corrected chi connectivity index (χ4v) is 7.54. The molecular weight excluding hydrogens is 572 g/mol. The molecule has 2 aliphatic rings. The van der Waals surface area contributed by atoms with E-state index in [9.17, 15) is 0 Å². The largest absolute Gasteiger partial charge is 0.456 e. The number of fused-ring (bicyclic) bond motifs is 7. The summed E-state index contributed by atoms with van der Waals surface area (Å²) in [5.74, 6) is 0.727. The lowest BCUT2D eigenvalue weighted by Crippen LogP contribution is -1.99. The van der Waals surface area contributed by atoms with Gasteiger partial charge in [-0.05, 0) is 86.8 Å². The summed E-state index contributed by atoms with van der Waals surface area (Å²) in [4.78, 5) is 10.3. The van der Waals surface area contributed by atoms with Gasteiger partial charge in [-0.3, -0.25) is 0 Å². The second-order valence-electron chi connectivity index (χ2n) is 12.4. The van der Waals surface area contributed by atoms with E-state index in [1.807, 2.05) is 12.1 Å². The molecular formula is C44H28N2O. The molecule has 0 N–H and O–H groups in total. The van der Waals surface area contributed by atoms with Gasteiger partial charge in [-0.2, -0.15) is 0 Å². The van der Waals surface area contributed by atoms with Crippen molar-refractivity contribution >= 4 is 38.3 Å². The zero-order chi connectivity index (χ0) is 30.9. The van der Waals surface area contributed by atoms with Crippen LogP contribution in [0.5, 0.6) is 0 Å². The van der Waals surface area contributed by atoms with Gasteiger partial charge in [-0.1, -0.05) is 121 Å². The Balaban J connectivity index is 1.16. The van der Waals surface area contributed by atoms with Crippen molar-refractivity contribution < 1.29 is 4.42 Å². The summed E-state index contributed by atoms with van der Waals surface area (Å²) >= 11 is 0. The van der Waals surface area contributed by atoms with Gasteiger partial charge in [0.1, 0.15) is 11.2 Å². The number of allylic oxidation sites excluding steroid dienone is 4. The number of rotatable bonds is 4. The van der Waals surface area contributed by atoms with Crippen molar-refractivity contribution in [3.63, 3.8) is 0 Å². The third-order valence-electron chi connectivity index (χ3n) is 9.64. The van der Waals surface area contributed by atoms with Crippen LogP contribution in [0.25, 0.3) is 94.3 Å². The monoisotopic (exact) mass is 600 g/mol. The van der Waals surface area contributed by atoms with E-state index in [1.54, 1.807) is 0 Å². The molecule has 3 nitrogen and oxygen atoms in total. The van der Waals surface area contributed by atoms with E-state index in [0.717, 1.165) is 68.9 Å². The SMILES string of the molecule is C1=CC(c2cc(-c3ccccc3)nc(-c3cccc(-c4cccc5c4-c4cc6oc7ccccc7c6c6cccc-5c46)c3)n2)=CCC1. The second kappa shape index (κ2) is 10.2. The first-order valence-corrected chi connectivity index (χ1v) is 16.2. The molecule has 0 amide bonds. The predicted octanol–water partition coefficient (Wildman–Crippen LogP) is 11.9. The van der Waals surface area contributed by atoms with Gasteiger partial charge in [-0.25, -0.2) is 9.97 Å². The molecule has 8 aromatic rings. The van der Waals surface area contributed by atoms with Gasteiger partial charge < -0.3 is 4.42 Å². The minimum Gasteiger partial charge on any atom is -0.456 e. The zero-order valence-corrected chi connectivity index (χ0v) is 25.6. The summed E-state index contributed by atoms with van der Waals surface area (Å²) in [7, 11) is 0. The molecule has 3 heteroatoms. The van der Waals surface area contributed by atoms with E-state index in [4.69, 9.17) is 14.4 Å². The number of para-hydroxylation sites is 1. The lowest BCUT2D eigenvalue weighted by atomic mass is 9.92. The Morgan fingerprint density at radius 2 is 1.23 bits per heavy atom. The van der Waals surface area contributed by atoms with Gasteiger partial charge in [0.15, 0.2) is 5.82 Å². The zero-order valence-electron chi connectivity index (χ0n) is 25.6. The maximum absolute atomic E-state index is 6.45. The first-order chi connectivity index (χ1) is 23.3. The topological polar surface area (TPSA) is 38.9 Å². The molecule has 0 fully saturated rings. The maximum atomic E-state index is 6.45. The summed E-state index contributed by atoms with van der Waals surface area (Å²) in [5, 5.41) is 4.88. The van der Waals surface area contributed by atoms with Crippen LogP contribution in [0.3, 0.4) is 0 Å². The van der Waals surface area contributed by atoms with Crippen LogP contribution in [0.4, 0.5) is 0 Å². The first kappa shape index (κ1) is 26.2. The van der Waals surface area contributed by atoms with Crippen molar-refractivity contribution in [2.24, 2.45) is 0 Å². The summed E-state index contributed by atoms with van der Waals surface area (Å²) in [6.07, 6.45) is 8.78. The third kappa shape index (κ3) is 4.06. The highest BCUT2D eigenvalue weighted by Gasteiger charge is 2.27. The van der Waals surface area contributed by atoms with Crippen molar-refractivity contribution in [3.8, 4) is 56.0 Å². The Morgan fingerprint density at radius 1 is 0.489 bits per heavy atom. The minimum absolute atomic E-state index is 0.727. The molecule has 220 valence electrons. The fourth-order valence-electron chi connectivity index (χ4n) is 7.54. The van der Waals surface area contributed by atoms with Crippen molar-refractivity contribution in [2.45, 2.75) is 12.8 Å². The molecule has 0 saturated heterocycles. The number of hydrogen-bond donors (Lipinski definition) is 0. The van der Waals surface area contributed by atoms with E-state index in [1.165, 1.54) is 44.0 Å². The standard InChI is InChI=1S/C44H28N2O/c1-3-12-27(13-4-1)37-26-38(28-14-5-2-6-15-28)46-44(45-37)30-17-9-16-29(24-30)31-19-10-20-32-33-21-11-22-35-42(33)36(41(31)32)25-40-43(35)34-18-7-8-23-39(34)47-40/h1,3-5,7-26H,2,6H2. The van der Waals surface area contributed by atoms with E-state index < -0.39 is 0 Å². The lowest BCUT2D eigenvalue weighted by Gasteiger charge is -2.14. The van der Waals surface area contributed by atoms with Crippen molar-refractivity contribution in [1.29, 1.82) is 0 Å². The average Bonchev–Trinajstić information content (AvgIpc) is 3.69. The van der Waals surface area contributed by atoms with Crippen LogP contribution < -0.4 is 0 Å². The van der Waals surface area contributed by atoms with Crippen LogP contribution in [0.15, 0.2) is 150 Å². The molecule has 0 aliphatic heterocycles. The van der Waals surface area contributed by atoms with Crippen LogP contribution in [0.2, 0.25) is 0 Å². The Hall–Kier alpha value is -6.06. The molecule has 47 heavy (non-hydrogen) atoms. The lowest BCUT2D eigenvalue weighted by molar-refractivity contribution is 0.669. The molecule has 0 atom stereocenters. The summed E-state index contributed by atoms with van der Waals surface area (Å²) in [5.41, 5.74) is 14.3. The van der Waals surface area contributed by atoms with Gasteiger partial charge in [0.25, 0.3) is 0 Å². The van der Waals surface area contributed by atoms with Crippen LogP contribution in [0.1, 0.15) is 18.5 Å². The Morgan fingerprint density at radius 3 is 2.15 bits per heavy atom. The quantitative estimate of drug-likeness (QED) is 0.202. The van der Waals surface area contributed by atoms with Crippen LogP contribution in [-0.4, -0.2) is 9.97 Å². The molecule has 0 unspecified atom stereocenters. The van der Waals surface area contributed by atoms with Crippen molar-refractivity contribution in [1.82, 2.24) is 9.97 Å². The highest BCUT2D eigenvalue weighted by Crippen LogP contribution is 2.53. The summed E-state index contributed by atoms with van der Waals surface area (Å²) < 4.78 is 6.45. The van der Waals surface area contributed by atoms with Crippen molar-refractivity contribution in [2.75, 3.05) is 0 Å². The van der Waals surface area contributed by atoms with Gasteiger partial charge in [0, 0.05) is 21.9 Å². The van der Waals surface area contributed by atoms with Gasteiger partial charge in [0.05, 0.1) is 11.4 Å². The highest BCUT2D eigenvalue weighted by atomic mass is 16.3. The Bertz CT molecular complexity index is 2620. The van der Waals surface area contributed by atoms with E-state index in [0.29, 0.717) is 0 Å². The summed E-state index contributed by atoms with van der Waals surface area (Å²) in [6.45, 7) is 0. The number of furan rings is 1. The van der Waals surface area contributed by atoms with E-state index in [-0.39, 0.29) is 0 Å². The number of benzene rings is 6. The summed E-state index contributed by atoms with van der Waals surface area (Å²) in [6, 6.07) is 45.1. The van der Waals surface area contributed by atoms with Crippen LogP contribution in [-0.2, 0) is 0 Å². The molecule has 0 bridgehead atoms. The average molecular weight is 601 g/mol. The Kier molecular flexibility index (Phi) is 5.70. The number of aromatic nitrogens is 2. The molecule has 10 rings (SSSR count). The normalized spacial score (nSPS) is 13.4. The Labute approximate surface area is 272 Å². The number of nitrogens with zero attached hydrogens (tertiary/aromatic N) is 2. The molecule has 0 saturated carbocycles. The van der Waals surface area contributed by atoms with Crippen LogP contribution >= 0.6 is 0 Å². The smallest absolute Gasteiger partial charge is 0.160 e. The first-order valence-electron chi connectivity index (χ1n) is 16.2. The van der Waals surface area contributed by atoms with Gasteiger partial charge in [0.2, 0.25) is 0 Å². The molecule has 0 radical (unpaired) electrons. The predicted molar refractivity (Wildman–Crippen MR) is 194 cm³/mol. The number of hydrogen-bond acceptors (Lipinski definition) is 3. The minimum atomic E-state index is 0.727. The second-order valence-corrected chi connectivity index (χ2v) is 12.4. The third-order valence-corrected chi connectivity index (χ3v) is 9.64. The molecule has 2 aliphatic carbocycles. The van der Waals surface area contributed by atoms with Gasteiger partial charge >= 0.3 is 0 Å². The highest BCUT2D eigenvalue weighted by molar-refractivity contribution is 6.28. The molecule has 6 aromatic carbocycles. The molecule has 2 heterocycles. The van der Waals surface area contributed by atoms with Crippen molar-refractivity contribution in [3.05, 3.63) is 151 Å². The van der Waals surface area contributed by atoms with E-state index in [2.05, 4.69) is 133 Å². The fraction of sp³-hybridized carbons (Fsp3) is 0.0455. The molecule has 2 aromatic heterocycles. The van der Waals surface area contributed by atoms with E-state index >= 15 is 0 Å². The molecule has 0 spiro atoms. The van der Waals surface area contributed by atoms with Gasteiger partial charge in [-0.15, -0.1) is 0 Å². The van der Waals surface area contributed by atoms with Crippen LogP contribution in [0, 0.1) is 0 Å².